The van der Waals surface area contributed by atoms with E-state index in [1.54, 1.807) is 0 Å². The van der Waals surface area contributed by atoms with E-state index in [9.17, 15) is 0 Å². The summed E-state index contributed by atoms with van der Waals surface area (Å²) in [6.07, 6.45) is 3.96. The summed E-state index contributed by atoms with van der Waals surface area (Å²) in [6.45, 7) is 9.88. The second kappa shape index (κ2) is 5.34. The highest BCUT2D eigenvalue weighted by atomic mass is 16.6. The zero-order valence-corrected chi connectivity index (χ0v) is 12.5. The standard InChI is InChI=1S/C18H24O2/c1-13-4-6-15(7-5-13)12-19-11-14(2)16-8-9-18(3)17(10-16)20-18/h4-7,16-17H,2,8-12H2,1,3H3/t16-,17-,18+/m0/s1. The van der Waals surface area contributed by atoms with Crippen LogP contribution >= 0.6 is 0 Å². The van der Waals surface area contributed by atoms with Gasteiger partial charge in [0.2, 0.25) is 0 Å². The number of hydrogen-bond acceptors (Lipinski definition) is 2. The summed E-state index contributed by atoms with van der Waals surface area (Å²) in [4.78, 5) is 0. The van der Waals surface area contributed by atoms with E-state index in [1.165, 1.54) is 29.5 Å². The van der Waals surface area contributed by atoms with Gasteiger partial charge in [-0.3, -0.25) is 0 Å². The van der Waals surface area contributed by atoms with Gasteiger partial charge in [-0.15, -0.1) is 0 Å². The van der Waals surface area contributed by atoms with Crippen molar-refractivity contribution in [1.29, 1.82) is 0 Å². The first-order valence-corrected chi connectivity index (χ1v) is 7.55. The number of epoxide rings is 1. The zero-order chi connectivity index (χ0) is 14.2. The monoisotopic (exact) mass is 272 g/mol. The van der Waals surface area contributed by atoms with Crippen LogP contribution in [0.4, 0.5) is 0 Å². The van der Waals surface area contributed by atoms with Crippen molar-refractivity contribution in [2.75, 3.05) is 6.61 Å². The van der Waals surface area contributed by atoms with Crippen LogP contribution in [0.15, 0.2) is 36.4 Å². The Balaban J connectivity index is 1.42. The first-order chi connectivity index (χ1) is 9.57. The predicted octanol–water partition coefficient (Wildman–Crippen LogP) is 4.03. The zero-order valence-electron chi connectivity index (χ0n) is 12.5. The molecule has 1 saturated carbocycles. The van der Waals surface area contributed by atoms with Crippen LogP contribution in [-0.4, -0.2) is 18.3 Å². The number of fused-ring (bicyclic) bond motifs is 1. The Bertz CT molecular complexity index is 491. The van der Waals surface area contributed by atoms with Gasteiger partial charge in [-0.25, -0.2) is 0 Å². The van der Waals surface area contributed by atoms with Crippen LogP contribution in [-0.2, 0) is 16.1 Å². The summed E-state index contributed by atoms with van der Waals surface area (Å²) >= 11 is 0. The number of aryl methyl sites for hydroxylation is 1. The predicted molar refractivity (Wildman–Crippen MR) is 80.6 cm³/mol. The molecule has 0 bridgehead atoms. The molecule has 20 heavy (non-hydrogen) atoms. The molecule has 1 aromatic rings. The number of rotatable bonds is 5. The SMILES string of the molecule is C=C(COCc1ccc(C)cc1)[C@H]1CC[C@@]2(C)O[C@H]2C1. The lowest BCUT2D eigenvalue weighted by molar-refractivity contribution is 0.134. The van der Waals surface area contributed by atoms with Crippen LogP contribution in [0.2, 0.25) is 0 Å². The second-order valence-electron chi connectivity index (χ2n) is 6.53. The fourth-order valence-electron chi connectivity index (χ4n) is 3.12. The van der Waals surface area contributed by atoms with E-state index in [0.717, 1.165) is 6.42 Å². The van der Waals surface area contributed by atoms with Crippen molar-refractivity contribution < 1.29 is 9.47 Å². The lowest BCUT2D eigenvalue weighted by atomic mass is 9.80. The average molecular weight is 272 g/mol. The molecule has 3 rings (SSSR count). The van der Waals surface area contributed by atoms with E-state index < -0.39 is 0 Å². The fourth-order valence-corrected chi connectivity index (χ4v) is 3.12. The molecule has 0 unspecified atom stereocenters. The van der Waals surface area contributed by atoms with Crippen LogP contribution < -0.4 is 0 Å². The van der Waals surface area contributed by atoms with Crippen LogP contribution in [0.25, 0.3) is 0 Å². The average Bonchev–Trinajstić information content (AvgIpc) is 3.11. The third kappa shape index (κ3) is 2.97. The van der Waals surface area contributed by atoms with Gasteiger partial charge in [0.15, 0.2) is 0 Å². The van der Waals surface area contributed by atoms with E-state index in [-0.39, 0.29) is 5.60 Å². The molecule has 0 N–H and O–H groups in total. The fraction of sp³-hybridized carbons (Fsp3) is 0.556. The molecule has 1 aliphatic heterocycles. The smallest absolute Gasteiger partial charge is 0.0920 e. The Morgan fingerprint density at radius 3 is 2.85 bits per heavy atom. The van der Waals surface area contributed by atoms with Crippen molar-refractivity contribution in [2.45, 2.75) is 51.4 Å². The highest BCUT2D eigenvalue weighted by Gasteiger charge is 2.55. The molecule has 1 saturated heterocycles. The second-order valence-corrected chi connectivity index (χ2v) is 6.53. The minimum absolute atomic E-state index is 0.194. The Morgan fingerprint density at radius 2 is 2.15 bits per heavy atom. The lowest BCUT2D eigenvalue weighted by Gasteiger charge is -2.24. The largest absolute Gasteiger partial charge is 0.372 e. The summed E-state index contributed by atoms with van der Waals surface area (Å²) in [6, 6.07) is 8.50. The van der Waals surface area contributed by atoms with E-state index in [2.05, 4.69) is 44.7 Å². The molecule has 0 radical (unpaired) electrons. The van der Waals surface area contributed by atoms with Crippen molar-refractivity contribution in [2.24, 2.45) is 5.92 Å². The molecule has 108 valence electrons. The van der Waals surface area contributed by atoms with Crippen molar-refractivity contribution in [1.82, 2.24) is 0 Å². The molecule has 0 spiro atoms. The Hall–Kier alpha value is -1.12. The molecular formula is C18H24O2. The van der Waals surface area contributed by atoms with E-state index in [0.29, 0.717) is 25.2 Å². The van der Waals surface area contributed by atoms with Crippen molar-refractivity contribution in [3.8, 4) is 0 Å². The summed E-state index contributed by atoms with van der Waals surface area (Å²) < 4.78 is 11.6. The topological polar surface area (TPSA) is 21.8 Å². The molecule has 2 heteroatoms. The Morgan fingerprint density at radius 1 is 1.40 bits per heavy atom. The Labute approximate surface area is 121 Å². The van der Waals surface area contributed by atoms with Gasteiger partial charge in [-0.05, 0) is 50.2 Å². The highest BCUT2D eigenvalue weighted by Crippen LogP contribution is 2.50. The summed E-state index contributed by atoms with van der Waals surface area (Å²) in [5.74, 6) is 0.577. The molecule has 0 amide bonds. The van der Waals surface area contributed by atoms with Gasteiger partial charge in [0.25, 0.3) is 0 Å². The van der Waals surface area contributed by atoms with Crippen molar-refractivity contribution >= 4 is 0 Å². The third-order valence-electron chi connectivity index (χ3n) is 4.78. The van der Waals surface area contributed by atoms with Gasteiger partial charge < -0.3 is 9.47 Å². The number of benzene rings is 1. The number of ether oxygens (including phenoxy) is 2. The van der Waals surface area contributed by atoms with Crippen LogP contribution in [0.5, 0.6) is 0 Å². The first kappa shape index (κ1) is 13.8. The van der Waals surface area contributed by atoms with Crippen molar-refractivity contribution in [3.05, 3.63) is 47.5 Å². The third-order valence-corrected chi connectivity index (χ3v) is 4.78. The molecule has 0 aromatic heterocycles. The first-order valence-electron chi connectivity index (χ1n) is 7.55. The quantitative estimate of drug-likeness (QED) is 0.596. The maximum Gasteiger partial charge on any atom is 0.0920 e. The van der Waals surface area contributed by atoms with Gasteiger partial charge in [0, 0.05) is 0 Å². The summed E-state index contributed by atoms with van der Waals surface area (Å²) in [5, 5.41) is 0. The molecule has 1 aliphatic carbocycles. The lowest BCUT2D eigenvalue weighted by Crippen LogP contribution is -2.23. The molecule has 2 nitrogen and oxygen atoms in total. The Kier molecular flexibility index (Phi) is 3.70. The molecule has 1 heterocycles. The van der Waals surface area contributed by atoms with Gasteiger partial charge in [0.05, 0.1) is 24.9 Å². The van der Waals surface area contributed by atoms with Gasteiger partial charge in [0.1, 0.15) is 0 Å². The van der Waals surface area contributed by atoms with E-state index >= 15 is 0 Å². The maximum absolute atomic E-state index is 5.81. The molecular weight excluding hydrogens is 248 g/mol. The number of hydrogen-bond donors (Lipinski definition) is 0. The summed E-state index contributed by atoms with van der Waals surface area (Å²) in [7, 11) is 0. The van der Waals surface area contributed by atoms with E-state index in [1.807, 2.05) is 0 Å². The minimum atomic E-state index is 0.194. The minimum Gasteiger partial charge on any atom is -0.372 e. The van der Waals surface area contributed by atoms with Crippen LogP contribution in [0, 0.1) is 12.8 Å². The maximum atomic E-state index is 5.81. The molecule has 2 aliphatic rings. The molecule has 2 fully saturated rings. The normalized spacial score (nSPS) is 31.7. The van der Waals surface area contributed by atoms with Crippen LogP contribution in [0.3, 0.4) is 0 Å². The van der Waals surface area contributed by atoms with E-state index in [4.69, 9.17) is 9.47 Å². The van der Waals surface area contributed by atoms with Gasteiger partial charge in [-0.1, -0.05) is 36.4 Å². The molecule has 3 atom stereocenters. The van der Waals surface area contributed by atoms with Gasteiger partial charge >= 0.3 is 0 Å². The van der Waals surface area contributed by atoms with Crippen molar-refractivity contribution in [3.63, 3.8) is 0 Å². The molecule has 1 aromatic carbocycles. The van der Waals surface area contributed by atoms with Crippen LogP contribution in [0.1, 0.15) is 37.3 Å². The van der Waals surface area contributed by atoms with Gasteiger partial charge in [-0.2, -0.15) is 0 Å². The highest BCUT2D eigenvalue weighted by molar-refractivity contribution is 5.20. The summed E-state index contributed by atoms with van der Waals surface area (Å²) in [5.41, 5.74) is 3.94.